The average Bonchev–Trinajstić information content (AvgIpc) is 3.01. The van der Waals surface area contributed by atoms with Gasteiger partial charge in [0.1, 0.15) is 5.76 Å². The van der Waals surface area contributed by atoms with Crippen LogP contribution in [0, 0.1) is 5.92 Å². The third-order valence-electron chi connectivity index (χ3n) is 4.44. The van der Waals surface area contributed by atoms with E-state index in [-0.39, 0.29) is 36.0 Å². The second-order valence-corrected chi connectivity index (χ2v) is 6.24. The van der Waals surface area contributed by atoms with Gasteiger partial charge in [-0.15, -0.1) is 0 Å². The molecule has 2 aromatic heterocycles. The predicted octanol–water partition coefficient (Wildman–Crippen LogP) is 0.932. The zero-order valence-corrected chi connectivity index (χ0v) is 13.9. The molecule has 8 nitrogen and oxygen atoms in total. The van der Waals surface area contributed by atoms with E-state index in [9.17, 15) is 14.7 Å². The SMILES string of the molecule is COc1ccc([C@@H](NC(=O)CCc2cc(=O)[nH]o2)C2CC(O)C2)cn1. The zero-order chi connectivity index (χ0) is 17.8. The molecule has 0 saturated heterocycles. The minimum Gasteiger partial charge on any atom is -0.481 e. The lowest BCUT2D eigenvalue weighted by molar-refractivity contribution is -0.123. The van der Waals surface area contributed by atoms with Crippen molar-refractivity contribution in [2.24, 2.45) is 5.92 Å². The number of nitrogens with one attached hydrogen (secondary N) is 2. The monoisotopic (exact) mass is 347 g/mol. The fourth-order valence-corrected chi connectivity index (χ4v) is 3.00. The highest BCUT2D eigenvalue weighted by molar-refractivity contribution is 5.76. The first-order chi connectivity index (χ1) is 12.0. The number of carbonyl (C=O) groups is 1. The Labute approximate surface area is 144 Å². The van der Waals surface area contributed by atoms with Crippen molar-refractivity contribution in [2.45, 2.75) is 37.8 Å². The summed E-state index contributed by atoms with van der Waals surface area (Å²) in [6, 6.07) is 4.73. The van der Waals surface area contributed by atoms with Crippen LogP contribution in [0.25, 0.3) is 0 Å². The van der Waals surface area contributed by atoms with E-state index in [1.54, 1.807) is 19.4 Å². The summed E-state index contributed by atoms with van der Waals surface area (Å²) in [4.78, 5) is 27.5. The summed E-state index contributed by atoms with van der Waals surface area (Å²) < 4.78 is 10.0. The van der Waals surface area contributed by atoms with Gasteiger partial charge in [-0.25, -0.2) is 4.98 Å². The maximum atomic E-state index is 12.3. The molecule has 1 amide bonds. The van der Waals surface area contributed by atoms with Crippen molar-refractivity contribution in [3.8, 4) is 5.88 Å². The van der Waals surface area contributed by atoms with E-state index in [1.165, 1.54) is 6.07 Å². The number of rotatable bonds is 7. The van der Waals surface area contributed by atoms with Crippen LogP contribution in [0.2, 0.25) is 0 Å². The number of aliphatic hydroxyl groups excluding tert-OH is 1. The van der Waals surface area contributed by atoms with Crippen molar-refractivity contribution in [2.75, 3.05) is 7.11 Å². The van der Waals surface area contributed by atoms with Crippen molar-refractivity contribution < 1.29 is 19.2 Å². The van der Waals surface area contributed by atoms with Crippen molar-refractivity contribution in [1.82, 2.24) is 15.5 Å². The normalized spacial score (nSPS) is 20.6. The maximum absolute atomic E-state index is 12.3. The minimum atomic E-state index is -0.318. The number of ether oxygens (including phenoxy) is 1. The molecule has 1 aliphatic carbocycles. The van der Waals surface area contributed by atoms with E-state index in [2.05, 4.69) is 15.5 Å². The van der Waals surface area contributed by atoms with Crippen LogP contribution in [0.15, 0.2) is 33.7 Å². The number of H-pyrrole nitrogens is 1. The van der Waals surface area contributed by atoms with Crippen LogP contribution in [0.1, 0.15) is 36.6 Å². The van der Waals surface area contributed by atoms with Gasteiger partial charge in [0.25, 0.3) is 5.56 Å². The number of nitrogens with zero attached hydrogens (tertiary/aromatic N) is 1. The topological polar surface area (TPSA) is 117 Å². The number of methoxy groups -OCH3 is 1. The van der Waals surface area contributed by atoms with E-state index < -0.39 is 0 Å². The average molecular weight is 347 g/mol. The molecule has 1 saturated carbocycles. The molecule has 2 heterocycles. The van der Waals surface area contributed by atoms with Crippen molar-refractivity contribution in [3.63, 3.8) is 0 Å². The fraction of sp³-hybridized carbons (Fsp3) is 0.471. The number of aromatic nitrogens is 2. The van der Waals surface area contributed by atoms with Crippen LogP contribution in [-0.2, 0) is 11.2 Å². The van der Waals surface area contributed by atoms with Crippen LogP contribution in [-0.4, -0.2) is 34.4 Å². The number of pyridine rings is 1. The van der Waals surface area contributed by atoms with Gasteiger partial charge in [0.15, 0.2) is 0 Å². The van der Waals surface area contributed by atoms with Crippen LogP contribution in [0.3, 0.4) is 0 Å². The first-order valence-electron chi connectivity index (χ1n) is 8.20. The van der Waals surface area contributed by atoms with Crippen LogP contribution >= 0.6 is 0 Å². The smallest absolute Gasteiger partial charge is 0.280 e. The summed E-state index contributed by atoms with van der Waals surface area (Å²) in [6.45, 7) is 0. The number of hydrogen-bond acceptors (Lipinski definition) is 6. The molecule has 0 spiro atoms. The van der Waals surface area contributed by atoms with Gasteiger partial charge in [-0.2, -0.15) is 5.16 Å². The Hall–Kier alpha value is -2.61. The van der Waals surface area contributed by atoms with Crippen LogP contribution < -0.4 is 15.6 Å². The van der Waals surface area contributed by atoms with Crippen molar-refractivity contribution in [3.05, 3.63) is 46.1 Å². The summed E-state index contributed by atoms with van der Waals surface area (Å²) in [5.41, 5.74) is 0.556. The van der Waals surface area contributed by atoms with Crippen LogP contribution in [0.4, 0.5) is 0 Å². The quantitative estimate of drug-likeness (QED) is 0.686. The number of aliphatic hydroxyl groups is 1. The highest BCUT2D eigenvalue weighted by Gasteiger charge is 2.35. The Kier molecular flexibility index (Phi) is 5.18. The lowest BCUT2D eigenvalue weighted by Crippen LogP contribution is -2.41. The largest absolute Gasteiger partial charge is 0.481 e. The fourth-order valence-electron chi connectivity index (χ4n) is 3.00. The molecule has 3 rings (SSSR count). The highest BCUT2D eigenvalue weighted by atomic mass is 16.5. The number of hydrogen-bond donors (Lipinski definition) is 3. The summed E-state index contributed by atoms with van der Waals surface area (Å²) in [7, 11) is 1.54. The first-order valence-corrected chi connectivity index (χ1v) is 8.20. The molecule has 1 aliphatic rings. The molecular formula is C17H21N3O5. The zero-order valence-electron chi connectivity index (χ0n) is 13.9. The van der Waals surface area contributed by atoms with Gasteiger partial charge < -0.3 is 19.7 Å². The standard InChI is InChI=1S/C17H21N3O5/c1-24-16-5-2-10(9-18-16)17(11-6-12(21)7-11)19-14(22)4-3-13-8-15(23)20-25-13/h2,5,8-9,11-12,17,21H,3-4,6-7H2,1H3,(H,19,22)(H,20,23)/t11?,12?,17-/m1/s1. The second kappa shape index (κ2) is 7.52. The number of aryl methyl sites for hydroxylation is 1. The van der Waals surface area contributed by atoms with E-state index in [0.717, 1.165) is 5.56 Å². The summed E-state index contributed by atoms with van der Waals surface area (Å²) in [5.74, 6) is 0.970. The van der Waals surface area contributed by atoms with Gasteiger partial charge in [0.2, 0.25) is 11.8 Å². The van der Waals surface area contributed by atoms with Crippen LogP contribution in [0.5, 0.6) is 5.88 Å². The van der Waals surface area contributed by atoms with Gasteiger partial charge in [-0.05, 0) is 24.3 Å². The highest BCUT2D eigenvalue weighted by Crippen LogP contribution is 2.38. The Morgan fingerprint density at radius 2 is 2.32 bits per heavy atom. The molecule has 0 aliphatic heterocycles. The van der Waals surface area contributed by atoms with E-state index in [4.69, 9.17) is 9.26 Å². The van der Waals surface area contributed by atoms with Crippen molar-refractivity contribution in [1.29, 1.82) is 0 Å². The predicted molar refractivity (Wildman–Crippen MR) is 88.1 cm³/mol. The summed E-state index contributed by atoms with van der Waals surface area (Å²) >= 11 is 0. The van der Waals surface area contributed by atoms with Gasteiger partial charge in [-0.1, -0.05) is 6.07 Å². The summed E-state index contributed by atoms with van der Waals surface area (Å²) in [5, 5.41) is 14.8. The van der Waals surface area contributed by atoms with E-state index in [0.29, 0.717) is 30.9 Å². The van der Waals surface area contributed by atoms with E-state index in [1.807, 2.05) is 6.07 Å². The number of carbonyl (C=O) groups excluding carboxylic acids is 1. The van der Waals surface area contributed by atoms with Gasteiger partial charge >= 0.3 is 0 Å². The molecule has 3 N–H and O–H groups in total. The maximum Gasteiger partial charge on any atom is 0.280 e. The second-order valence-electron chi connectivity index (χ2n) is 6.24. The molecule has 134 valence electrons. The molecule has 0 aromatic carbocycles. The third-order valence-corrected chi connectivity index (χ3v) is 4.44. The molecule has 25 heavy (non-hydrogen) atoms. The number of aromatic amines is 1. The molecule has 1 atom stereocenters. The molecule has 0 radical (unpaired) electrons. The lowest BCUT2D eigenvalue weighted by Gasteiger charge is -2.38. The Balaban J connectivity index is 1.64. The van der Waals surface area contributed by atoms with Gasteiger partial charge in [0, 0.05) is 31.2 Å². The van der Waals surface area contributed by atoms with Gasteiger partial charge in [0.05, 0.1) is 19.3 Å². The molecule has 0 bridgehead atoms. The molecule has 2 aromatic rings. The molecule has 8 heteroatoms. The lowest BCUT2D eigenvalue weighted by atomic mass is 9.75. The molecular weight excluding hydrogens is 326 g/mol. The van der Waals surface area contributed by atoms with Gasteiger partial charge in [-0.3, -0.25) is 9.59 Å². The molecule has 1 fully saturated rings. The summed E-state index contributed by atoms with van der Waals surface area (Å²) in [6.07, 6.45) is 3.19. The Bertz CT molecular complexity index is 761. The third kappa shape index (κ3) is 4.27. The Morgan fingerprint density at radius 1 is 1.52 bits per heavy atom. The number of amides is 1. The van der Waals surface area contributed by atoms with Crippen molar-refractivity contribution >= 4 is 5.91 Å². The first kappa shape index (κ1) is 17.2. The molecule has 0 unspecified atom stereocenters. The van der Waals surface area contributed by atoms with E-state index >= 15 is 0 Å². The Morgan fingerprint density at radius 3 is 2.88 bits per heavy atom. The minimum absolute atomic E-state index is 0.147.